The summed E-state index contributed by atoms with van der Waals surface area (Å²) in [6.07, 6.45) is 1.61. The van der Waals surface area contributed by atoms with E-state index in [1.165, 1.54) is 5.56 Å². The van der Waals surface area contributed by atoms with Gasteiger partial charge in [-0.25, -0.2) is 0 Å². The Kier molecular flexibility index (Phi) is 3.88. The van der Waals surface area contributed by atoms with Gasteiger partial charge in [-0.3, -0.25) is 0 Å². The van der Waals surface area contributed by atoms with Crippen molar-refractivity contribution < 1.29 is 4.52 Å². The minimum Gasteiger partial charge on any atom is -0.398 e. The first-order valence-electron chi connectivity index (χ1n) is 6.64. The zero-order valence-corrected chi connectivity index (χ0v) is 12.0. The first-order valence-corrected chi connectivity index (χ1v) is 7.02. The topological polar surface area (TPSA) is 64.9 Å². The normalized spacial score (nSPS) is 10.7. The van der Waals surface area contributed by atoms with Crippen molar-refractivity contribution in [1.29, 1.82) is 0 Å². The van der Waals surface area contributed by atoms with Crippen LogP contribution in [0.5, 0.6) is 0 Å². The molecule has 0 spiro atoms. The number of aromatic nitrogens is 2. The second-order valence-electron chi connectivity index (χ2n) is 4.74. The molecule has 21 heavy (non-hydrogen) atoms. The van der Waals surface area contributed by atoms with Gasteiger partial charge in [0.1, 0.15) is 0 Å². The third-order valence-electron chi connectivity index (χ3n) is 3.20. The van der Waals surface area contributed by atoms with Crippen LogP contribution in [-0.4, -0.2) is 10.1 Å². The van der Waals surface area contributed by atoms with Crippen molar-refractivity contribution in [2.45, 2.75) is 12.8 Å². The van der Waals surface area contributed by atoms with Crippen molar-refractivity contribution in [2.24, 2.45) is 0 Å². The van der Waals surface area contributed by atoms with Crippen LogP contribution in [-0.2, 0) is 12.8 Å². The monoisotopic (exact) mass is 299 g/mol. The zero-order chi connectivity index (χ0) is 14.7. The molecule has 0 atom stereocenters. The lowest BCUT2D eigenvalue weighted by Gasteiger charge is -1.99. The molecule has 3 aromatic rings. The van der Waals surface area contributed by atoms with Crippen LogP contribution >= 0.6 is 11.6 Å². The molecule has 0 amide bonds. The summed E-state index contributed by atoms with van der Waals surface area (Å²) in [6, 6.07) is 15.5. The summed E-state index contributed by atoms with van der Waals surface area (Å²) in [6.45, 7) is 0. The largest absolute Gasteiger partial charge is 0.398 e. The minimum atomic E-state index is 0.458. The molecule has 4 nitrogen and oxygen atoms in total. The Bertz CT molecular complexity index is 740. The highest BCUT2D eigenvalue weighted by Crippen LogP contribution is 2.26. The van der Waals surface area contributed by atoms with Gasteiger partial charge in [0.25, 0.3) is 5.89 Å². The van der Waals surface area contributed by atoms with Crippen molar-refractivity contribution >= 4 is 17.3 Å². The average molecular weight is 300 g/mol. The van der Waals surface area contributed by atoms with Crippen molar-refractivity contribution in [3.05, 3.63) is 64.9 Å². The van der Waals surface area contributed by atoms with Gasteiger partial charge in [-0.05, 0) is 30.2 Å². The van der Waals surface area contributed by atoms with Gasteiger partial charge < -0.3 is 10.3 Å². The van der Waals surface area contributed by atoms with Gasteiger partial charge in [0.05, 0.1) is 10.7 Å². The summed E-state index contributed by atoms with van der Waals surface area (Å²) in [4.78, 5) is 4.39. The Balaban J connectivity index is 1.72. The number of aryl methyl sites for hydroxylation is 2. The molecule has 0 aliphatic carbocycles. The molecule has 0 saturated carbocycles. The average Bonchev–Trinajstić information content (AvgIpc) is 2.98. The summed E-state index contributed by atoms with van der Waals surface area (Å²) < 4.78 is 5.27. The van der Waals surface area contributed by atoms with E-state index in [1.807, 2.05) is 24.3 Å². The molecule has 2 N–H and O–H groups in total. The first-order chi connectivity index (χ1) is 10.2. The van der Waals surface area contributed by atoms with Crippen LogP contribution in [0.2, 0.25) is 5.02 Å². The summed E-state index contributed by atoms with van der Waals surface area (Å²) in [5.74, 6) is 1.14. The lowest BCUT2D eigenvalue weighted by Crippen LogP contribution is -1.93. The van der Waals surface area contributed by atoms with Crippen molar-refractivity contribution in [1.82, 2.24) is 10.1 Å². The maximum absolute atomic E-state index is 6.00. The third kappa shape index (κ3) is 3.23. The molecule has 0 fully saturated rings. The Morgan fingerprint density at radius 1 is 1.05 bits per heavy atom. The quantitative estimate of drug-likeness (QED) is 0.745. The van der Waals surface area contributed by atoms with Gasteiger partial charge in [0, 0.05) is 12.0 Å². The van der Waals surface area contributed by atoms with Crippen molar-refractivity contribution in [3.63, 3.8) is 0 Å². The van der Waals surface area contributed by atoms with E-state index in [4.69, 9.17) is 21.9 Å². The Morgan fingerprint density at radius 3 is 2.62 bits per heavy atom. The minimum absolute atomic E-state index is 0.458. The van der Waals surface area contributed by atoms with E-state index in [2.05, 4.69) is 22.3 Å². The lowest BCUT2D eigenvalue weighted by atomic mass is 10.1. The summed E-state index contributed by atoms with van der Waals surface area (Å²) >= 11 is 6.00. The van der Waals surface area contributed by atoms with Crippen molar-refractivity contribution in [2.75, 3.05) is 5.73 Å². The van der Waals surface area contributed by atoms with Crippen LogP contribution in [0, 0.1) is 0 Å². The number of hydrogen-bond donors (Lipinski definition) is 1. The van der Waals surface area contributed by atoms with E-state index in [0.29, 0.717) is 22.4 Å². The Labute approximate surface area is 127 Å². The molecule has 0 unspecified atom stereocenters. The van der Waals surface area contributed by atoms with Crippen LogP contribution < -0.4 is 5.73 Å². The number of nitrogens with two attached hydrogens (primary N) is 1. The molecule has 1 heterocycles. The molecule has 0 radical (unpaired) electrons. The van der Waals surface area contributed by atoms with Crippen LogP contribution in [0.1, 0.15) is 11.4 Å². The van der Waals surface area contributed by atoms with E-state index in [0.717, 1.165) is 18.4 Å². The van der Waals surface area contributed by atoms with Gasteiger partial charge in [0.15, 0.2) is 5.82 Å². The number of rotatable bonds is 4. The van der Waals surface area contributed by atoms with E-state index >= 15 is 0 Å². The SMILES string of the molecule is Nc1ccc(-c2nc(CCc3ccccc3)no2)cc1Cl. The lowest BCUT2D eigenvalue weighted by molar-refractivity contribution is 0.422. The molecule has 0 aliphatic heterocycles. The molecule has 0 bridgehead atoms. The third-order valence-corrected chi connectivity index (χ3v) is 3.52. The number of nitrogen functional groups attached to an aromatic ring is 1. The van der Waals surface area contributed by atoms with Crippen LogP contribution in [0.15, 0.2) is 53.1 Å². The fraction of sp³-hybridized carbons (Fsp3) is 0.125. The van der Waals surface area contributed by atoms with Gasteiger partial charge in [0.2, 0.25) is 0 Å². The fourth-order valence-corrected chi connectivity index (χ4v) is 2.21. The standard InChI is InChI=1S/C16H14ClN3O/c17-13-10-12(7-8-14(13)18)16-19-15(20-21-16)9-6-11-4-2-1-3-5-11/h1-5,7-8,10H,6,9,18H2. The molecule has 106 valence electrons. The fourth-order valence-electron chi connectivity index (χ4n) is 2.03. The predicted octanol–water partition coefficient (Wildman–Crippen LogP) is 3.76. The van der Waals surface area contributed by atoms with Gasteiger partial charge in [-0.15, -0.1) is 0 Å². The molecular weight excluding hydrogens is 286 g/mol. The van der Waals surface area contributed by atoms with Gasteiger partial charge >= 0.3 is 0 Å². The molecule has 0 aliphatic rings. The van der Waals surface area contributed by atoms with E-state index < -0.39 is 0 Å². The van der Waals surface area contributed by atoms with Crippen molar-refractivity contribution in [3.8, 4) is 11.5 Å². The highest BCUT2D eigenvalue weighted by atomic mass is 35.5. The second kappa shape index (κ2) is 5.97. The van der Waals surface area contributed by atoms with Gasteiger partial charge in [-0.2, -0.15) is 4.98 Å². The maximum Gasteiger partial charge on any atom is 0.257 e. The molecule has 0 saturated heterocycles. The molecule has 5 heteroatoms. The summed E-state index contributed by atoms with van der Waals surface area (Å²) in [7, 11) is 0. The zero-order valence-electron chi connectivity index (χ0n) is 11.3. The molecule has 1 aromatic heterocycles. The van der Waals surface area contributed by atoms with Crippen LogP contribution in [0.3, 0.4) is 0 Å². The van der Waals surface area contributed by atoms with Crippen LogP contribution in [0.25, 0.3) is 11.5 Å². The molecule has 2 aromatic carbocycles. The van der Waals surface area contributed by atoms with E-state index in [9.17, 15) is 0 Å². The molecule has 3 rings (SSSR count). The highest BCUT2D eigenvalue weighted by molar-refractivity contribution is 6.33. The number of anilines is 1. The molecular formula is C16H14ClN3O. The Hall–Kier alpha value is -2.33. The number of nitrogens with zero attached hydrogens (tertiary/aromatic N) is 2. The second-order valence-corrected chi connectivity index (χ2v) is 5.14. The summed E-state index contributed by atoms with van der Waals surface area (Å²) in [5, 5.41) is 4.48. The number of halogens is 1. The van der Waals surface area contributed by atoms with Gasteiger partial charge in [-0.1, -0.05) is 47.1 Å². The maximum atomic E-state index is 6.00. The van der Waals surface area contributed by atoms with E-state index in [-0.39, 0.29) is 0 Å². The predicted molar refractivity (Wildman–Crippen MR) is 83.0 cm³/mol. The smallest absolute Gasteiger partial charge is 0.257 e. The number of hydrogen-bond acceptors (Lipinski definition) is 4. The first kappa shape index (κ1) is 13.6. The number of benzene rings is 2. The highest BCUT2D eigenvalue weighted by Gasteiger charge is 2.10. The Morgan fingerprint density at radius 2 is 1.86 bits per heavy atom. The summed E-state index contributed by atoms with van der Waals surface area (Å²) in [5.41, 5.74) is 8.24. The van der Waals surface area contributed by atoms with Crippen LogP contribution in [0.4, 0.5) is 5.69 Å². The van der Waals surface area contributed by atoms with E-state index in [1.54, 1.807) is 12.1 Å².